The van der Waals surface area contributed by atoms with Crippen molar-refractivity contribution in [1.29, 1.82) is 0 Å². The monoisotopic (exact) mass is 333 g/mol. The minimum Gasteiger partial charge on any atom is -0.368 e. The summed E-state index contributed by atoms with van der Waals surface area (Å²) in [6, 6.07) is 9.04. The van der Waals surface area contributed by atoms with Gasteiger partial charge in [-0.15, -0.1) is 11.3 Å². The number of benzene rings is 1. The largest absolute Gasteiger partial charge is 0.385 e. The molecule has 1 atom stereocenters. The van der Waals surface area contributed by atoms with E-state index in [0.717, 1.165) is 16.9 Å². The highest BCUT2D eigenvalue weighted by atomic mass is 32.1. The van der Waals surface area contributed by atoms with Gasteiger partial charge < -0.3 is 14.9 Å². The predicted molar refractivity (Wildman–Crippen MR) is 83.8 cm³/mol. The van der Waals surface area contributed by atoms with Crippen LogP contribution >= 0.6 is 11.3 Å². The summed E-state index contributed by atoms with van der Waals surface area (Å²) in [5.41, 5.74) is 1.08. The molecule has 1 heterocycles. The van der Waals surface area contributed by atoms with Crippen LogP contribution in [0.4, 0.5) is 0 Å². The van der Waals surface area contributed by atoms with E-state index in [-0.39, 0.29) is 9.88 Å². The van der Waals surface area contributed by atoms with Crippen LogP contribution in [0.1, 0.15) is 31.5 Å². The molecule has 0 aliphatic rings. The van der Waals surface area contributed by atoms with E-state index in [9.17, 15) is 14.4 Å². The first kappa shape index (κ1) is 16.8. The van der Waals surface area contributed by atoms with Gasteiger partial charge in [0.25, 0.3) is 5.91 Å². The summed E-state index contributed by atoms with van der Waals surface area (Å²) in [5.74, 6) is 3.47. The molecule has 23 heavy (non-hydrogen) atoms. The van der Waals surface area contributed by atoms with Crippen LogP contribution in [0.2, 0.25) is 0 Å². The van der Waals surface area contributed by atoms with Gasteiger partial charge in [0.15, 0.2) is 0 Å². The van der Waals surface area contributed by atoms with Crippen molar-refractivity contribution in [1.82, 2.24) is 10.3 Å². The summed E-state index contributed by atoms with van der Waals surface area (Å²) < 4.78 is 0. The number of carbonyl (C=O) groups excluding carboxylic acids is 3. The van der Waals surface area contributed by atoms with Crippen molar-refractivity contribution in [2.75, 3.05) is 0 Å². The number of carbonyl (C=O) groups is 3. The molecule has 1 aromatic carbocycles. The molecule has 0 spiro atoms. The average molecular weight is 333 g/mol. The Hall–Kier alpha value is -2.58. The lowest BCUT2D eigenvalue weighted by molar-refractivity contribution is -0.109. The van der Waals surface area contributed by atoms with Crippen molar-refractivity contribution in [3.63, 3.8) is 0 Å². The van der Waals surface area contributed by atoms with Crippen LogP contribution in [0.25, 0.3) is 0 Å². The Morgan fingerprint density at radius 3 is 2.74 bits per heavy atom. The number of aldehydes is 1. The van der Waals surface area contributed by atoms with E-state index in [4.69, 9.17) is 5.90 Å². The normalized spacial score (nSPS) is 11.5. The van der Waals surface area contributed by atoms with Crippen LogP contribution in [0.5, 0.6) is 0 Å². The third-order valence-corrected chi connectivity index (χ3v) is 4.05. The third kappa shape index (κ3) is 4.70. The summed E-state index contributed by atoms with van der Waals surface area (Å²) in [4.78, 5) is 42.4. The number of nitrogens with zero attached hydrogens (tertiary/aromatic N) is 1. The van der Waals surface area contributed by atoms with Gasteiger partial charge in [-0.2, -0.15) is 5.90 Å². The minimum atomic E-state index is -0.815. The second-order valence-electron chi connectivity index (χ2n) is 4.68. The molecule has 0 aliphatic heterocycles. The molecule has 0 saturated heterocycles. The fraction of sp³-hybridized carbons (Fsp3) is 0.200. The Bertz CT molecular complexity index is 687. The van der Waals surface area contributed by atoms with E-state index in [1.54, 1.807) is 0 Å². The van der Waals surface area contributed by atoms with Crippen LogP contribution in [-0.2, 0) is 16.1 Å². The molecular weight excluding hydrogens is 318 g/mol. The van der Waals surface area contributed by atoms with Gasteiger partial charge in [0.2, 0.25) is 5.01 Å². The molecule has 8 heteroatoms. The molecule has 7 nitrogen and oxygen atoms in total. The maximum atomic E-state index is 12.1. The molecule has 1 amide bonds. The van der Waals surface area contributed by atoms with E-state index in [2.05, 4.69) is 15.1 Å². The maximum Gasteiger partial charge on any atom is 0.385 e. The molecule has 2 rings (SSSR count). The average Bonchev–Trinajstić information content (AvgIpc) is 3.08. The molecule has 0 unspecified atom stereocenters. The Balaban J connectivity index is 1.93. The van der Waals surface area contributed by atoms with Gasteiger partial charge in [-0.1, -0.05) is 30.3 Å². The summed E-state index contributed by atoms with van der Waals surface area (Å²) in [6.07, 6.45) is 3.08. The van der Waals surface area contributed by atoms with Gasteiger partial charge in [0.05, 0.1) is 12.2 Å². The fourth-order valence-electron chi connectivity index (χ4n) is 1.90. The van der Waals surface area contributed by atoms with E-state index in [1.165, 1.54) is 6.20 Å². The zero-order valence-corrected chi connectivity index (χ0v) is 12.9. The first-order chi connectivity index (χ1) is 11.1. The number of thiazole rings is 1. The third-order valence-electron chi connectivity index (χ3n) is 3.08. The summed E-state index contributed by atoms with van der Waals surface area (Å²) in [7, 11) is 0. The second kappa shape index (κ2) is 8.16. The van der Waals surface area contributed by atoms with Gasteiger partial charge in [-0.25, -0.2) is 9.78 Å². The van der Waals surface area contributed by atoms with Gasteiger partial charge in [0.1, 0.15) is 11.2 Å². The summed E-state index contributed by atoms with van der Waals surface area (Å²) >= 11 is 0.847. The van der Waals surface area contributed by atoms with Gasteiger partial charge in [-0.05, 0) is 18.4 Å². The number of hydrogen-bond donors (Lipinski definition) is 2. The molecule has 0 radical (unpaired) electrons. The highest BCUT2D eigenvalue weighted by Crippen LogP contribution is 2.14. The van der Waals surface area contributed by atoms with Gasteiger partial charge >= 0.3 is 5.97 Å². The number of hydrogen-bond acceptors (Lipinski definition) is 7. The topological polar surface area (TPSA) is 111 Å². The lowest BCUT2D eigenvalue weighted by atomic mass is 10.1. The van der Waals surface area contributed by atoms with Crippen LogP contribution < -0.4 is 11.2 Å². The van der Waals surface area contributed by atoms with Crippen molar-refractivity contribution in [2.24, 2.45) is 5.90 Å². The molecule has 120 valence electrons. The van der Waals surface area contributed by atoms with Crippen LogP contribution in [0.3, 0.4) is 0 Å². The highest BCUT2D eigenvalue weighted by Gasteiger charge is 2.18. The number of rotatable bonds is 7. The summed E-state index contributed by atoms with van der Waals surface area (Å²) in [6.45, 7) is 0. The van der Waals surface area contributed by atoms with Gasteiger partial charge in [0, 0.05) is 0 Å². The Labute approximate surface area is 136 Å². The van der Waals surface area contributed by atoms with Gasteiger partial charge in [-0.3, -0.25) is 4.79 Å². The molecule has 3 N–H and O–H groups in total. The first-order valence-electron chi connectivity index (χ1n) is 6.81. The maximum absolute atomic E-state index is 12.1. The molecule has 0 fully saturated rings. The number of aryl methyl sites for hydroxylation is 1. The van der Waals surface area contributed by atoms with E-state index in [1.807, 2.05) is 30.3 Å². The summed E-state index contributed by atoms with van der Waals surface area (Å²) in [5, 5.41) is 2.58. The fourth-order valence-corrected chi connectivity index (χ4v) is 2.61. The standard InChI is InChI=1S/C15H15N3O4S/c16-22-15(21)14-17-8-12(23-14)13(20)18-11(9-19)7-6-10-4-2-1-3-5-10/h1-5,8-9,11H,6-7,16H2,(H,18,20)/t11-/m0/s1. The molecule has 2 aromatic rings. The minimum absolute atomic E-state index is 0.0235. The Morgan fingerprint density at radius 2 is 2.09 bits per heavy atom. The van der Waals surface area contributed by atoms with Crippen molar-refractivity contribution in [3.8, 4) is 0 Å². The first-order valence-corrected chi connectivity index (χ1v) is 7.62. The van der Waals surface area contributed by atoms with Crippen molar-refractivity contribution in [2.45, 2.75) is 18.9 Å². The lowest BCUT2D eigenvalue weighted by Crippen LogP contribution is -2.36. The number of amides is 1. The highest BCUT2D eigenvalue weighted by molar-refractivity contribution is 7.15. The van der Waals surface area contributed by atoms with Crippen LogP contribution in [0.15, 0.2) is 36.5 Å². The zero-order chi connectivity index (χ0) is 16.7. The Morgan fingerprint density at radius 1 is 1.35 bits per heavy atom. The van der Waals surface area contributed by atoms with Crippen molar-refractivity contribution >= 4 is 29.5 Å². The molecule has 1 aromatic heterocycles. The SMILES string of the molecule is NOC(=O)c1ncc(C(=O)N[C@H](C=O)CCc2ccccc2)s1. The van der Waals surface area contributed by atoms with Crippen molar-refractivity contribution in [3.05, 3.63) is 52.0 Å². The van der Waals surface area contributed by atoms with Crippen LogP contribution in [-0.4, -0.2) is 29.2 Å². The Kier molecular flexibility index (Phi) is 5.95. The van der Waals surface area contributed by atoms with Crippen molar-refractivity contribution < 1.29 is 19.2 Å². The van der Waals surface area contributed by atoms with E-state index in [0.29, 0.717) is 19.1 Å². The van der Waals surface area contributed by atoms with E-state index >= 15 is 0 Å². The second-order valence-corrected chi connectivity index (χ2v) is 5.71. The van der Waals surface area contributed by atoms with E-state index < -0.39 is 17.9 Å². The number of nitrogens with one attached hydrogen (secondary N) is 1. The lowest BCUT2D eigenvalue weighted by Gasteiger charge is -2.11. The smallest absolute Gasteiger partial charge is 0.368 e. The molecular formula is C15H15N3O4S. The van der Waals surface area contributed by atoms with Crippen LogP contribution in [0, 0.1) is 0 Å². The number of nitrogens with two attached hydrogens (primary N) is 1. The quantitative estimate of drug-likeness (QED) is 0.580. The predicted octanol–water partition coefficient (Wildman–Crippen LogP) is 1.10. The molecule has 0 aliphatic carbocycles. The molecule has 0 bridgehead atoms. The zero-order valence-electron chi connectivity index (χ0n) is 12.1. The number of aromatic nitrogens is 1. The molecule has 0 saturated carbocycles.